The largest absolute Gasteiger partial charge is 0.370 e. The predicted molar refractivity (Wildman–Crippen MR) is 334 cm³/mol. The summed E-state index contributed by atoms with van der Waals surface area (Å²) >= 11 is 0. The van der Waals surface area contributed by atoms with E-state index >= 15 is 0 Å². The number of fused-ring (bicyclic) bond motifs is 1. The summed E-state index contributed by atoms with van der Waals surface area (Å²) in [5, 5.41) is 34.7. The lowest BCUT2D eigenvalue weighted by molar-refractivity contribution is -0.135. The third-order valence-corrected chi connectivity index (χ3v) is 15.0. The molecule has 0 aliphatic rings. The van der Waals surface area contributed by atoms with Gasteiger partial charge in [0.2, 0.25) is 59.1 Å². The third kappa shape index (κ3) is 23.8. The first-order valence-corrected chi connectivity index (χ1v) is 30.1. The Morgan fingerprint density at radius 1 is 0.663 bits per heavy atom. The number of nitrogens with zero attached hydrogens (tertiary/aromatic N) is 3. The van der Waals surface area contributed by atoms with Crippen LogP contribution < -0.4 is 63.8 Å². The van der Waals surface area contributed by atoms with E-state index in [0.717, 1.165) is 16.6 Å². The van der Waals surface area contributed by atoms with Gasteiger partial charge in [-0.05, 0) is 80.5 Å². The topological polar surface area (TPSA) is 416 Å². The van der Waals surface area contributed by atoms with Gasteiger partial charge in [-0.25, -0.2) is 4.98 Å². The number of amides is 11. The fourth-order valence-corrected chi connectivity index (χ4v) is 9.76. The molecule has 0 saturated heterocycles. The van der Waals surface area contributed by atoms with Gasteiger partial charge >= 0.3 is 0 Å². The molecule has 0 unspecified atom stereocenters. The highest BCUT2D eigenvalue weighted by Crippen LogP contribution is 2.24. The molecule has 11 amide bonds. The molecule has 2 aromatic heterocycles. The molecule has 27 heteroatoms. The number of aromatic amines is 2. The minimum absolute atomic E-state index is 0.0236. The van der Waals surface area contributed by atoms with Crippen molar-refractivity contribution in [3.8, 4) is 6.07 Å². The molecule has 0 bridgehead atoms. The van der Waals surface area contributed by atoms with Crippen molar-refractivity contribution in [2.45, 2.75) is 161 Å². The molecule has 89 heavy (non-hydrogen) atoms. The number of unbranched alkanes of at least 4 members (excludes halogenated alkanes) is 1. The minimum Gasteiger partial charge on any atom is -0.370 e. The van der Waals surface area contributed by atoms with E-state index in [2.05, 4.69) is 68.9 Å². The van der Waals surface area contributed by atoms with Crippen molar-refractivity contribution in [3.05, 3.63) is 83.6 Å². The van der Waals surface area contributed by atoms with Gasteiger partial charge in [0, 0.05) is 79.6 Å². The van der Waals surface area contributed by atoms with E-state index in [1.54, 1.807) is 44.4 Å². The molecule has 15 N–H and O–H groups in total. The van der Waals surface area contributed by atoms with E-state index < -0.39 is 120 Å². The summed E-state index contributed by atoms with van der Waals surface area (Å²) in [6.07, 6.45) is 5.77. The van der Waals surface area contributed by atoms with Gasteiger partial charge < -0.3 is 69.3 Å². The first kappa shape index (κ1) is 72.3. The van der Waals surface area contributed by atoms with Crippen LogP contribution in [0.2, 0.25) is 0 Å². The molecule has 0 saturated carbocycles. The van der Waals surface area contributed by atoms with E-state index in [1.807, 2.05) is 67.0 Å². The molecule has 8 atom stereocenters. The number of rotatable bonds is 37. The van der Waals surface area contributed by atoms with E-state index in [9.17, 15) is 58.0 Å². The zero-order valence-corrected chi connectivity index (χ0v) is 52.7. The van der Waals surface area contributed by atoms with Crippen molar-refractivity contribution < 1.29 is 52.7 Å². The zero-order chi connectivity index (χ0) is 66.1. The summed E-state index contributed by atoms with van der Waals surface area (Å²) < 4.78 is 0.387. The van der Waals surface area contributed by atoms with E-state index in [-0.39, 0.29) is 63.3 Å². The lowest BCUT2D eigenvalue weighted by Crippen LogP contribution is -2.59. The number of aromatic nitrogens is 3. The molecule has 0 aliphatic carbocycles. The van der Waals surface area contributed by atoms with E-state index in [4.69, 9.17) is 11.5 Å². The summed E-state index contributed by atoms with van der Waals surface area (Å²) in [5.74, 6) is -7.83. The lowest BCUT2D eigenvalue weighted by atomic mass is 9.94. The van der Waals surface area contributed by atoms with Crippen molar-refractivity contribution >= 4 is 81.6 Å². The first-order valence-electron chi connectivity index (χ1n) is 30.1. The standard InChI is InChI=1S/C62H90N16O11/c1-11-37(6)44(21-24-53(81)73-47(56(65)83)26-35(2)3)75-61(88)49(29-42-32-66-34-70-42)74-54(82)33-69-62(89)55(36(4)5)77-57(84)38(7)71-60(87)48(28-41-31-68-45-17-13-12-16-43(41)45)76-59(86)46(20-23-51(64)79)72-52(80)18-14-15-25-67-58(85)39-19-22-50(78(8,9)10)40(27-39)30-63/h12-13,16-17,19,22,27,31-32,34-38,44,46-49,55,68H,11,14-15,18,20-21,23-26,28-29,33H2,1-10H3,(H13-,64,65,66,67,69,70,71,72,73,74,75,76,77,79,80,81,82,83,84,85,86,87,88,89)/p+1/t37-,38-,44+,46-,47-,48-,49-,55-/m0/s1. The Morgan fingerprint density at radius 2 is 1.31 bits per heavy atom. The first-order chi connectivity index (χ1) is 42.0. The summed E-state index contributed by atoms with van der Waals surface area (Å²) in [6, 6.07) is 6.48. The summed E-state index contributed by atoms with van der Waals surface area (Å²) in [5.41, 5.74) is 14.2. The Kier molecular flexibility index (Phi) is 28.4. The second-order valence-corrected chi connectivity index (χ2v) is 24.1. The molecule has 27 nitrogen and oxygen atoms in total. The van der Waals surface area contributed by atoms with Gasteiger partial charge in [-0.15, -0.1) is 0 Å². The number of quaternary nitrogens is 1. The number of hydrogen-bond acceptors (Lipinski definition) is 13. The summed E-state index contributed by atoms with van der Waals surface area (Å²) in [7, 11) is 5.73. The van der Waals surface area contributed by atoms with Gasteiger partial charge in [0.25, 0.3) is 5.91 Å². The van der Waals surface area contributed by atoms with Crippen molar-refractivity contribution in [1.82, 2.24) is 67.3 Å². The number of carbonyl (C=O) groups is 11. The average Bonchev–Trinajstić information content (AvgIpc) is 3.10. The Balaban J connectivity index is 1.40. The van der Waals surface area contributed by atoms with Crippen LogP contribution in [0.1, 0.15) is 133 Å². The molecule has 4 aromatic rings. The van der Waals surface area contributed by atoms with Crippen molar-refractivity contribution in [3.63, 3.8) is 0 Å². The van der Waals surface area contributed by atoms with Crippen LogP contribution in [0.15, 0.2) is 61.2 Å². The third-order valence-electron chi connectivity index (χ3n) is 15.0. The number of carbonyl (C=O) groups excluding carboxylic acids is 11. The van der Waals surface area contributed by atoms with Gasteiger partial charge in [0.1, 0.15) is 53.6 Å². The number of imidazole rings is 1. The Morgan fingerprint density at radius 3 is 1.94 bits per heavy atom. The fourth-order valence-electron chi connectivity index (χ4n) is 9.76. The van der Waals surface area contributed by atoms with Crippen molar-refractivity contribution in [2.24, 2.45) is 29.2 Å². The summed E-state index contributed by atoms with van der Waals surface area (Å²) in [6.45, 7) is 11.9. The minimum atomic E-state index is -1.37. The molecule has 0 aliphatic heterocycles. The molecule has 0 radical (unpaired) electrons. The van der Waals surface area contributed by atoms with Gasteiger partial charge in [0.15, 0.2) is 0 Å². The Bertz CT molecular complexity index is 3150. The SMILES string of the molecule is CC[C@H](C)[C@@H](CCC(=O)N[C@@H](CC(C)C)C(N)=O)NC(=O)[C@H](Cc1c[nH]cn1)NC(=O)CNC(=O)[C@@H](NC(=O)[C@H](C)NC(=O)[C@H](Cc1c[nH]c2ccccc12)NC(=O)[C@H](CCC(N)=O)NC(=O)CCCCNC(=O)c1ccc([N+](C)(C)C)c(C#N)c1)C(C)C. The second kappa shape index (κ2) is 35.0. The second-order valence-electron chi connectivity index (χ2n) is 24.1. The van der Waals surface area contributed by atoms with Crippen LogP contribution in [-0.2, 0) is 60.8 Å². The number of para-hydroxylation sites is 1. The van der Waals surface area contributed by atoms with E-state index in [0.29, 0.717) is 52.6 Å². The number of hydrogen-bond donors (Lipinski definition) is 13. The molecule has 484 valence electrons. The molecule has 0 fully saturated rings. The normalized spacial score (nSPS) is 14.1. The maximum Gasteiger partial charge on any atom is 0.251 e. The number of nitriles is 1. The average molecular weight is 1240 g/mol. The van der Waals surface area contributed by atoms with Crippen LogP contribution in [0.4, 0.5) is 5.69 Å². The number of nitrogens with two attached hydrogens (primary N) is 2. The molecule has 4 rings (SSSR count). The van der Waals surface area contributed by atoms with Gasteiger partial charge in [-0.2, -0.15) is 5.26 Å². The highest BCUT2D eigenvalue weighted by Gasteiger charge is 2.33. The highest BCUT2D eigenvalue weighted by atomic mass is 16.2. The maximum atomic E-state index is 14.3. The smallest absolute Gasteiger partial charge is 0.251 e. The van der Waals surface area contributed by atoms with Gasteiger partial charge in [0.05, 0.1) is 39.7 Å². The number of nitrogens with one attached hydrogen (secondary N) is 11. The predicted octanol–water partition coefficient (Wildman–Crippen LogP) is 1.15. The van der Waals surface area contributed by atoms with Crippen LogP contribution >= 0.6 is 0 Å². The molecule has 2 heterocycles. The van der Waals surface area contributed by atoms with Crippen molar-refractivity contribution in [2.75, 3.05) is 34.2 Å². The number of H-pyrrole nitrogens is 2. The quantitative estimate of drug-likeness (QED) is 0.0223. The van der Waals surface area contributed by atoms with Crippen LogP contribution in [0.3, 0.4) is 0 Å². The lowest BCUT2D eigenvalue weighted by Gasteiger charge is -2.28. The molecule has 0 spiro atoms. The molecule has 2 aromatic carbocycles. The van der Waals surface area contributed by atoms with Gasteiger partial charge in [-0.3, -0.25) is 57.2 Å². The maximum absolute atomic E-state index is 14.3. The molecular weight excluding hydrogens is 1140 g/mol. The van der Waals surface area contributed by atoms with Crippen molar-refractivity contribution in [1.29, 1.82) is 5.26 Å². The zero-order valence-electron chi connectivity index (χ0n) is 52.7. The molecular formula is C62H91N16O11+. The number of benzene rings is 2. The van der Waals surface area contributed by atoms with Crippen LogP contribution in [0.25, 0.3) is 10.9 Å². The summed E-state index contributed by atoms with van der Waals surface area (Å²) in [4.78, 5) is 157. The monoisotopic (exact) mass is 1240 g/mol. The number of primary amides is 2. The highest BCUT2D eigenvalue weighted by molar-refractivity contribution is 5.98. The van der Waals surface area contributed by atoms with Crippen LogP contribution in [0, 0.1) is 29.1 Å². The Labute approximate surface area is 519 Å². The van der Waals surface area contributed by atoms with Crippen LogP contribution in [0.5, 0.6) is 0 Å². The van der Waals surface area contributed by atoms with E-state index in [1.165, 1.54) is 19.3 Å². The fraction of sp³-hybridized carbons (Fsp3) is 0.532. The Hall–Kier alpha value is -9.19. The van der Waals surface area contributed by atoms with Crippen LogP contribution in [-0.4, -0.2) is 156 Å². The van der Waals surface area contributed by atoms with Gasteiger partial charge in [-0.1, -0.05) is 66.2 Å².